The van der Waals surface area contributed by atoms with Crippen LogP contribution in [-0.4, -0.2) is 0 Å². The van der Waals surface area contributed by atoms with Crippen LogP contribution in [-0.2, 0) is 5.41 Å². The van der Waals surface area contributed by atoms with Crippen LogP contribution in [0.5, 0.6) is 23.0 Å². The zero-order chi connectivity index (χ0) is 42.4. The molecule has 0 fully saturated rings. The first-order chi connectivity index (χ1) is 31.7. The highest BCUT2D eigenvalue weighted by Crippen LogP contribution is 2.62. The maximum Gasteiger partial charge on any atom is 0.178 e. The number of fused-ring (bicyclic) bond motifs is 13. The van der Waals surface area contributed by atoms with Crippen LogP contribution in [0.3, 0.4) is 0 Å². The van der Waals surface area contributed by atoms with E-state index in [-0.39, 0.29) is 0 Å². The molecule has 1 spiro atoms. The predicted molar refractivity (Wildman–Crippen MR) is 260 cm³/mol. The van der Waals surface area contributed by atoms with E-state index in [1.165, 1.54) is 27.8 Å². The van der Waals surface area contributed by atoms with E-state index in [1.807, 2.05) is 18.2 Å². The molecule has 0 N–H and O–H groups in total. The van der Waals surface area contributed by atoms with Gasteiger partial charge >= 0.3 is 0 Å². The molecule has 1 aromatic heterocycles. The Kier molecular flexibility index (Phi) is 8.00. The average Bonchev–Trinajstić information content (AvgIpc) is 3.99. The van der Waals surface area contributed by atoms with Crippen molar-refractivity contribution >= 4 is 44.6 Å². The Hall–Kier alpha value is -8.34. The summed E-state index contributed by atoms with van der Waals surface area (Å²) in [6.07, 6.45) is 6.73. The van der Waals surface area contributed by atoms with E-state index in [4.69, 9.17) is 13.9 Å². The van der Waals surface area contributed by atoms with Crippen molar-refractivity contribution in [3.05, 3.63) is 241 Å². The van der Waals surface area contributed by atoms with Crippen LogP contribution in [0.1, 0.15) is 29.2 Å². The molecule has 13 rings (SSSR count). The number of anilines is 3. The number of allylic oxidation sites excluding steroid dienone is 4. The van der Waals surface area contributed by atoms with Crippen LogP contribution in [0.4, 0.5) is 17.1 Å². The maximum atomic E-state index is 6.98. The van der Waals surface area contributed by atoms with Crippen molar-refractivity contribution in [3.63, 3.8) is 0 Å². The number of hydrogen-bond donors (Lipinski definition) is 0. The summed E-state index contributed by atoms with van der Waals surface area (Å²) in [6.45, 7) is 2.07. The fourth-order valence-electron chi connectivity index (χ4n) is 10.4. The molecular weight excluding hydrogens is 783 g/mol. The van der Waals surface area contributed by atoms with Gasteiger partial charge in [0.2, 0.25) is 0 Å². The SMILES string of the molecule is C/C=C\C1=CC2(c3ccccc3-c3ccccc32)c2ccc3c(c21)Oc1cccc(-c2ccc(N(c4ccccc4)c4ccc(-c5ccc6c(c5)oc5ccccc56)cc4)cc2)c1O3. The minimum atomic E-state index is -0.430. The number of rotatable bonds is 6. The molecule has 0 saturated carbocycles. The molecule has 2 aliphatic carbocycles. The second kappa shape index (κ2) is 14.1. The van der Waals surface area contributed by atoms with Gasteiger partial charge in [-0.1, -0.05) is 152 Å². The molecule has 4 heteroatoms. The summed E-state index contributed by atoms with van der Waals surface area (Å²) in [5, 5.41) is 2.27. The second-order valence-electron chi connectivity index (χ2n) is 16.7. The van der Waals surface area contributed by atoms with E-state index in [9.17, 15) is 0 Å². The summed E-state index contributed by atoms with van der Waals surface area (Å²) in [4.78, 5) is 2.29. The standard InChI is InChI=1S/C60H39NO3/c1-2-13-41-37-60(50-20-9-6-16-46(50)47-17-7-10-21-51(47)60)52-34-35-55-59(57(41)52)64-54-23-12-19-45(58(54)63-55)39-26-31-44(32-27-39)61(42-14-4-3-5-15-42)43-29-24-38(25-30-43)40-28-33-49-48-18-8-11-22-53(48)62-56(49)36-40/h2-37H,1H3/b13-2-. The monoisotopic (exact) mass is 821 g/mol. The molecule has 3 aliphatic rings. The fourth-order valence-corrected chi connectivity index (χ4v) is 10.4. The quantitative estimate of drug-likeness (QED) is 0.167. The normalized spacial score (nSPS) is 13.8. The summed E-state index contributed by atoms with van der Waals surface area (Å²) >= 11 is 0. The molecule has 0 unspecified atom stereocenters. The minimum Gasteiger partial charge on any atom is -0.456 e. The van der Waals surface area contributed by atoms with Gasteiger partial charge in [0.05, 0.1) is 5.41 Å². The van der Waals surface area contributed by atoms with Gasteiger partial charge in [0.1, 0.15) is 11.2 Å². The number of benzene rings is 9. The van der Waals surface area contributed by atoms with Crippen molar-refractivity contribution in [2.24, 2.45) is 0 Å². The largest absolute Gasteiger partial charge is 0.456 e. The molecule has 64 heavy (non-hydrogen) atoms. The minimum absolute atomic E-state index is 0.430. The Labute approximate surface area is 371 Å². The van der Waals surface area contributed by atoms with Crippen molar-refractivity contribution in [2.45, 2.75) is 12.3 Å². The molecular formula is C60H39NO3. The zero-order valence-electron chi connectivity index (χ0n) is 35.0. The number of ether oxygens (including phenoxy) is 2. The molecule has 0 atom stereocenters. The highest BCUT2D eigenvalue weighted by molar-refractivity contribution is 6.06. The van der Waals surface area contributed by atoms with Gasteiger partial charge in [0.25, 0.3) is 0 Å². The summed E-state index contributed by atoms with van der Waals surface area (Å²) in [5.41, 5.74) is 17.3. The van der Waals surface area contributed by atoms with E-state index in [2.05, 4.69) is 212 Å². The Morgan fingerprint density at radius 1 is 0.438 bits per heavy atom. The Morgan fingerprint density at radius 3 is 1.78 bits per heavy atom. The van der Waals surface area contributed by atoms with Crippen molar-refractivity contribution < 1.29 is 13.9 Å². The van der Waals surface area contributed by atoms with Crippen molar-refractivity contribution in [1.29, 1.82) is 0 Å². The van der Waals surface area contributed by atoms with Gasteiger partial charge < -0.3 is 18.8 Å². The van der Waals surface area contributed by atoms with Crippen LogP contribution in [0.2, 0.25) is 0 Å². The van der Waals surface area contributed by atoms with Gasteiger partial charge in [-0.2, -0.15) is 0 Å². The van der Waals surface area contributed by atoms with E-state index in [0.717, 1.165) is 78.1 Å². The summed E-state index contributed by atoms with van der Waals surface area (Å²) in [6, 6.07) is 70.8. The smallest absolute Gasteiger partial charge is 0.178 e. The number of furan rings is 1. The van der Waals surface area contributed by atoms with Gasteiger partial charge in [-0.15, -0.1) is 0 Å². The fraction of sp³-hybridized carbons (Fsp3) is 0.0333. The van der Waals surface area contributed by atoms with Crippen LogP contribution in [0, 0.1) is 0 Å². The topological polar surface area (TPSA) is 34.8 Å². The molecule has 9 aromatic carbocycles. The molecule has 2 heterocycles. The van der Waals surface area contributed by atoms with Gasteiger partial charge in [0.15, 0.2) is 23.0 Å². The highest BCUT2D eigenvalue weighted by Gasteiger charge is 2.49. The van der Waals surface area contributed by atoms with Crippen molar-refractivity contribution in [3.8, 4) is 56.4 Å². The van der Waals surface area contributed by atoms with Crippen LogP contribution >= 0.6 is 0 Å². The van der Waals surface area contributed by atoms with Crippen LogP contribution < -0.4 is 14.4 Å². The molecule has 0 radical (unpaired) electrons. The first-order valence-corrected chi connectivity index (χ1v) is 21.9. The molecule has 10 aromatic rings. The van der Waals surface area contributed by atoms with Crippen molar-refractivity contribution in [2.75, 3.05) is 4.90 Å². The molecule has 4 nitrogen and oxygen atoms in total. The number of hydrogen-bond acceptors (Lipinski definition) is 4. The molecule has 1 aliphatic heterocycles. The first-order valence-electron chi connectivity index (χ1n) is 21.9. The summed E-state index contributed by atoms with van der Waals surface area (Å²) in [7, 11) is 0. The van der Waals surface area contributed by atoms with E-state index < -0.39 is 5.41 Å². The molecule has 302 valence electrons. The van der Waals surface area contributed by atoms with Gasteiger partial charge in [0, 0.05) is 39.0 Å². The molecule has 0 bridgehead atoms. The highest BCUT2D eigenvalue weighted by atomic mass is 16.6. The number of para-hydroxylation sites is 3. The first kappa shape index (κ1) is 36.3. The van der Waals surface area contributed by atoms with Gasteiger partial charge in [-0.05, 0) is 124 Å². The lowest BCUT2D eigenvalue weighted by Gasteiger charge is -2.29. The Bertz CT molecular complexity index is 3510. The third-order valence-electron chi connectivity index (χ3n) is 13.2. The lowest BCUT2D eigenvalue weighted by molar-refractivity contribution is 0.359. The maximum absolute atomic E-state index is 6.98. The Morgan fingerprint density at radius 2 is 1.03 bits per heavy atom. The third kappa shape index (κ3) is 5.36. The third-order valence-corrected chi connectivity index (χ3v) is 13.2. The Balaban J connectivity index is 0.838. The van der Waals surface area contributed by atoms with Crippen molar-refractivity contribution in [1.82, 2.24) is 0 Å². The molecule has 0 saturated heterocycles. The van der Waals surface area contributed by atoms with E-state index in [0.29, 0.717) is 17.2 Å². The predicted octanol–water partition coefficient (Wildman–Crippen LogP) is 16.6. The lowest BCUT2D eigenvalue weighted by atomic mass is 9.74. The average molecular weight is 822 g/mol. The number of nitrogens with zero attached hydrogens (tertiary/aromatic N) is 1. The van der Waals surface area contributed by atoms with Gasteiger partial charge in [-0.25, -0.2) is 0 Å². The van der Waals surface area contributed by atoms with Gasteiger partial charge in [-0.3, -0.25) is 0 Å². The van der Waals surface area contributed by atoms with Crippen LogP contribution in [0.15, 0.2) is 223 Å². The van der Waals surface area contributed by atoms with E-state index in [1.54, 1.807) is 0 Å². The lowest BCUT2D eigenvalue weighted by Crippen LogP contribution is -2.22. The summed E-state index contributed by atoms with van der Waals surface area (Å²) in [5.74, 6) is 2.86. The van der Waals surface area contributed by atoms with Crippen LogP contribution in [0.25, 0.3) is 60.9 Å². The molecule has 0 amide bonds. The zero-order valence-corrected chi connectivity index (χ0v) is 35.0. The van der Waals surface area contributed by atoms with E-state index >= 15 is 0 Å². The second-order valence-corrected chi connectivity index (χ2v) is 16.7. The summed E-state index contributed by atoms with van der Waals surface area (Å²) < 4.78 is 20.1.